The summed E-state index contributed by atoms with van der Waals surface area (Å²) in [5.74, 6) is -0.217. The molecule has 1 aliphatic rings. The quantitative estimate of drug-likeness (QED) is 0.605. The van der Waals surface area contributed by atoms with Crippen LogP contribution in [-0.2, 0) is 4.79 Å². The lowest BCUT2D eigenvalue weighted by Crippen LogP contribution is -2.43. The number of hydrogen-bond acceptors (Lipinski definition) is 4. The second kappa shape index (κ2) is 9.25. The second-order valence-corrected chi connectivity index (χ2v) is 7.43. The predicted molar refractivity (Wildman–Crippen MR) is 119 cm³/mol. The van der Waals surface area contributed by atoms with Gasteiger partial charge in [0.15, 0.2) is 0 Å². The van der Waals surface area contributed by atoms with E-state index in [9.17, 15) is 14.4 Å². The van der Waals surface area contributed by atoms with Gasteiger partial charge >= 0.3 is 6.03 Å². The Labute approximate surface area is 179 Å². The molecule has 0 unspecified atom stereocenters. The van der Waals surface area contributed by atoms with Gasteiger partial charge in [-0.15, -0.1) is 0 Å². The van der Waals surface area contributed by atoms with Gasteiger partial charge in [0, 0.05) is 42.0 Å². The minimum atomic E-state index is -0.267. The number of para-hydroxylation sites is 1. The Bertz CT molecular complexity index is 1100. The Morgan fingerprint density at radius 1 is 0.903 bits per heavy atom. The number of H-pyrrole nitrogens is 1. The topological polar surface area (TPSA) is 107 Å². The number of benzene rings is 2. The molecule has 0 aliphatic carbocycles. The molecule has 158 valence electrons. The lowest BCUT2D eigenvalue weighted by atomic mass is 9.96. The highest BCUT2D eigenvalue weighted by Crippen LogP contribution is 2.23. The maximum Gasteiger partial charge on any atom is 0.321 e. The van der Waals surface area contributed by atoms with Gasteiger partial charge in [-0.25, -0.2) is 9.89 Å². The number of amides is 3. The molecule has 4 rings (SSSR count). The molecule has 3 aromatic rings. The smallest absolute Gasteiger partial charge is 0.321 e. The van der Waals surface area contributed by atoms with Crippen LogP contribution in [0.25, 0.3) is 11.3 Å². The molecule has 8 heteroatoms. The number of aromatic nitrogens is 2. The fraction of sp³-hybridized carbons (Fsp3) is 0.217. The lowest BCUT2D eigenvalue weighted by molar-refractivity contribution is -0.121. The third-order valence-corrected chi connectivity index (χ3v) is 5.28. The van der Waals surface area contributed by atoms with Gasteiger partial charge in [-0.05, 0) is 43.2 Å². The third kappa shape index (κ3) is 5.16. The second-order valence-electron chi connectivity index (χ2n) is 7.43. The Morgan fingerprint density at radius 2 is 1.65 bits per heavy atom. The van der Waals surface area contributed by atoms with Crippen LogP contribution in [0.1, 0.15) is 12.8 Å². The van der Waals surface area contributed by atoms with E-state index in [1.165, 1.54) is 6.07 Å². The third-order valence-electron chi connectivity index (χ3n) is 5.28. The first-order valence-corrected chi connectivity index (χ1v) is 10.2. The fourth-order valence-corrected chi connectivity index (χ4v) is 3.57. The van der Waals surface area contributed by atoms with Crippen LogP contribution in [0.2, 0.25) is 0 Å². The first-order valence-electron chi connectivity index (χ1n) is 10.2. The summed E-state index contributed by atoms with van der Waals surface area (Å²) >= 11 is 0. The van der Waals surface area contributed by atoms with Gasteiger partial charge in [0.25, 0.3) is 5.56 Å². The molecule has 8 nitrogen and oxygen atoms in total. The van der Waals surface area contributed by atoms with Crippen molar-refractivity contribution in [2.75, 3.05) is 23.7 Å². The number of likely N-dealkylation sites (tertiary alicyclic amines) is 1. The molecule has 0 atom stereocenters. The SMILES string of the molecule is O=C(Nc1cccc(-c2ccc(=O)[nH]n2)c1)C1CCN(C(=O)Nc2ccccc2)CC1. The maximum absolute atomic E-state index is 12.7. The van der Waals surface area contributed by atoms with Gasteiger partial charge < -0.3 is 15.5 Å². The number of carbonyl (C=O) groups is 2. The van der Waals surface area contributed by atoms with Crippen LogP contribution < -0.4 is 16.2 Å². The lowest BCUT2D eigenvalue weighted by Gasteiger charge is -2.31. The molecule has 0 radical (unpaired) electrons. The zero-order valence-corrected chi connectivity index (χ0v) is 16.9. The molecular weight excluding hydrogens is 394 g/mol. The number of rotatable bonds is 4. The number of aromatic amines is 1. The van der Waals surface area contributed by atoms with Crippen LogP contribution in [0.4, 0.5) is 16.2 Å². The molecule has 1 aliphatic heterocycles. The number of hydrogen-bond donors (Lipinski definition) is 3. The molecule has 1 aromatic heterocycles. The van der Waals surface area contributed by atoms with Crippen LogP contribution >= 0.6 is 0 Å². The largest absolute Gasteiger partial charge is 0.326 e. The number of anilines is 2. The van der Waals surface area contributed by atoms with E-state index in [4.69, 9.17) is 0 Å². The number of urea groups is 1. The van der Waals surface area contributed by atoms with E-state index in [0.29, 0.717) is 37.3 Å². The Hall–Kier alpha value is -3.94. The molecule has 3 N–H and O–H groups in total. The highest BCUT2D eigenvalue weighted by molar-refractivity contribution is 5.94. The predicted octanol–water partition coefficient (Wildman–Crippen LogP) is 3.32. The summed E-state index contributed by atoms with van der Waals surface area (Å²) in [4.78, 5) is 38.1. The highest BCUT2D eigenvalue weighted by Gasteiger charge is 2.27. The van der Waals surface area contributed by atoms with Crippen molar-refractivity contribution in [1.29, 1.82) is 0 Å². The summed E-state index contributed by atoms with van der Waals surface area (Å²) in [7, 11) is 0. The van der Waals surface area contributed by atoms with Crippen molar-refractivity contribution in [3.8, 4) is 11.3 Å². The molecule has 31 heavy (non-hydrogen) atoms. The molecule has 0 bridgehead atoms. The molecule has 2 aromatic carbocycles. The molecule has 2 heterocycles. The average molecular weight is 417 g/mol. The molecular formula is C23H23N5O3. The summed E-state index contributed by atoms with van der Waals surface area (Å²) in [6.07, 6.45) is 1.21. The number of nitrogens with zero attached hydrogens (tertiary/aromatic N) is 2. The van der Waals surface area contributed by atoms with Gasteiger partial charge in [-0.1, -0.05) is 30.3 Å². The Balaban J connectivity index is 1.32. The standard InChI is InChI=1S/C23H23N5O3/c29-21-10-9-20(26-27-21)17-5-4-8-19(15-17)24-22(30)16-11-13-28(14-12-16)23(31)25-18-6-2-1-3-7-18/h1-10,15-16H,11-14H2,(H,24,30)(H,25,31)(H,27,29). The van der Waals surface area contributed by atoms with Gasteiger partial charge in [0.2, 0.25) is 5.91 Å². The van der Waals surface area contributed by atoms with Crippen LogP contribution in [0.5, 0.6) is 0 Å². The van der Waals surface area contributed by atoms with Gasteiger partial charge in [-0.2, -0.15) is 5.10 Å². The van der Waals surface area contributed by atoms with E-state index in [-0.39, 0.29) is 23.4 Å². The summed E-state index contributed by atoms with van der Waals surface area (Å²) in [6.45, 7) is 1.05. The van der Waals surface area contributed by atoms with Crippen LogP contribution in [-0.4, -0.2) is 40.1 Å². The minimum absolute atomic E-state index is 0.0605. The van der Waals surface area contributed by atoms with Crippen molar-refractivity contribution < 1.29 is 9.59 Å². The van der Waals surface area contributed by atoms with Crippen molar-refractivity contribution >= 4 is 23.3 Å². The van der Waals surface area contributed by atoms with Crippen molar-refractivity contribution in [2.45, 2.75) is 12.8 Å². The van der Waals surface area contributed by atoms with E-state index < -0.39 is 0 Å². The first kappa shape index (κ1) is 20.3. The van der Waals surface area contributed by atoms with Crippen LogP contribution in [0, 0.1) is 5.92 Å². The van der Waals surface area contributed by atoms with Gasteiger partial charge in [0.1, 0.15) is 0 Å². The molecule has 1 fully saturated rings. The van der Waals surface area contributed by atoms with E-state index in [0.717, 1.165) is 11.3 Å². The van der Waals surface area contributed by atoms with Crippen LogP contribution in [0.3, 0.4) is 0 Å². The van der Waals surface area contributed by atoms with Crippen molar-refractivity contribution in [2.24, 2.45) is 5.92 Å². The van der Waals surface area contributed by atoms with Gasteiger partial charge in [0.05, 0.1) is 5.69 Å². The number of piperidine rings is 1. The summed E-state index contributed by atoms with van der Waals surface area (Å²) < 4.78 is 0. The summed E-state index contributed by atoms with van der Waals surface area (Å²) in [5.41, 5.74) is 2.57. The summed E-state index contributed by atoms with van der Waals surface area (Å²) in [6, 6.07) is 19.5. The monoisotopic (exact) mass is 417 g/mol. The van der Waals surface area contributed by atoms with Crippen LogP contribution in [0.15, 0.2) is 71.5 Å². The Morgan fingerprint density at radius 3 is 2.35 bits per heavy atom. The fourth-order valence-electron chi connectivity index (χ4n) is 3.57. The van der Waals surface area contributed by atoms with E-state index >= 15 is 0 Å². The summed E-state index contributed by atoms with van der Waals surface area (Å²) in [5, 5.41) is 12.3. The average Bonchev–Trinajstić information content (AvgIpc) is 2.80. The molecule has 1 saturated heterocycles. The van der Waals surface area contributed by atoms with Crippen molar-refractivity contribution in [3.05, 3.63) is 77.1 Å². The molecule has 3 amide bonds. The first-order chi connectivity index (χ1) is 15.1. The highest BCUT2D eigenvalue weighted by atomic mass is 16.2. The van der Waals surface area contributed by atoms with Crippen molar-refractivity contribution in [1.82, 2.24) is 15.1 Å². The van der Waals surface area contributed by atoms with Gasteiger partial charge in [-0.3, -0.25) is 9.59 Å². The van der Waals surface area contributed by atoms with Crippen molar-refractivity contribution in [3.63, 3.8) is 0 Å². The zero-order chi connectivity index (χ0) is 21.6. The molecule has 0 spiro atoms. The van der Waals surface area contributed by atoms with E-state index in [1.807, 2.05) is 54.6 Å². The molecule has 0 saturated carbocycles. The number of nitrogens with one attached hydrogen (secondary N) is 3. The number of carbonyl (C=O) groups excluding carboxylic acids is 2. The minimum Gasteiger partial charge on any atom is -0.326 e. The zero-order valence-electron chi connectivity index (χ0n) is 16.9. The maximum atomic E-state index is 12.7. The Kier molecular flexibility index (Phi) is 6.07. The van der Waals surface area contributed by atoms with E-state index in [1.54, 1.807) is 11.0 Å². The van der Waals surface area contributed by atoms with E-state index in [2.05, 4.69) is 20.8 Å². The normalized spacial score (nSPS) is 14.1.